The summed E-state index contributed by atoms with van der Waals surface area (Å²) < 4.78 is 33.7. The maximum Gasteiger partial charge on any atom is 0.259 e. The van der Waals surface area contributed by atoms with Crippen LogP contribution in [0.4, 0.5) is 0 Å². The zero-order valence-electron chi connectivity index (χ0n) is 21.4. The highest BCUT2D eigenvalue weighted by Gasteiger charge is 2.35. The van der Waals surface area contributed by atoms with Gasteiger partial charge in [0.05, 0.1) is 30.6 Å². The monoisotopic (exact) mass is 514 g/mol. The fourth-order valence-corrected chi connectivity index (χ4v) is 5.02. The van der Waals surface area contributed by atoms with E-state index in [9.17, 15) is 18.3 Å². The number of likely N-dealkylation sites (N-methyl/N-ethyl adjacent to an activating group) is 1. The maximum atomic E-state index is 13.5. The lowest BCUT2D eigenvalue weighted by atomic mass is 10.0. The number of sulfonamides is 1. The topological polar surface area (TPSA) is 103 Å². The molecule has 3 rings (SSSR count). The fourth-order valence-electron chi connectivity index (χ4n) is 3.81. The first-order valence-electron chi connectivity index (χ1n) is 11.8. The largest absolute Gasteiger partial charge is 0.472 e. The Kier molecular flexibility index (Phi) is 9.08. The molecule has 1 aromatic carbocycles. The molecule has 0 spiro atoms. The lowest BCUT2D eigenvalue weighted by Crippen LogP contribution is -2.50. The van der Waals surface area contributed by atoms with Crippen molar-refractivity contribution in [2.45, 2.75) is 30.9 Å². The molecule has 1 N–H and O–H groups in total. The molecule has 0 radical (unpaired) electrons. The number of aliphatic hydroxyl groups excluding tert-OH is 1. The van der Waals surface area contributed by atoms with Crippen LogP contribution in [0.3, 0.4) is 0 Å². The van der Waals surface area contributed by atoms with Crippen LogP contribution < -0.4 is 4.74 Å². The maximum absolute atomic E-state index is 13.5. The highest BCUT2D eigenvalue weighted by molar-refractivity contribution is 7.89. The van der Waals surface area contributed by atoms with E-state index in [2.05, 4.69) is 16.8 Å². The average molecular weight is 515 g/mol. The first kappa shape index (κ1) is 27.6. The summed E-state index contributed by atoms with van der Waals surface area (Å²) in [6.45, 7) is 4.33. The smallest absolute Gasteiger partial charge is 0.259 e. The predicted molar refractivity (Wildman–Crippen MR) is 137 cm³/mol. The minimum absolute atomic E-state index is 0.0550. The second kappa shape index (κ2) is 11.8. The molecule has 36 heavy (non-hydrogen) atoms. The molecule has 10 heteroatoms. The molecule has 1 aliphatic heterocycles. The van der Waals surface area contributed by atoms with Crippen molar-refractivity contribution in [2.75, 3.05) is 47.4 Å². The van der Waals surface area contributed by atoms with Gasteiger partial charge in [-0.3, -0.25) is 9.69 Å². The van der Waals surface area contributed by atoms with Gasteiger partial charge in [-0.05, 0) is 39.2 Å². The van der Waals surface area contributed by atoms with Crippen LogP contribution in [-0.2, 0) is 10.0 Å². The quantitative estimate of drug-likeness (QED) is 0.559. The molecule has 9 nitrogen and oxygen atoms in total. The number of fused-ring (bicyclic) bond motifs is 1. The molecule has 2 heterocycles. The summed E-state index contributed by atoms with van der Waals surface area (Å²) in [5.41, 5.74) is 0.801. The molecule has 2 aromatic rings. The second-order valence-corrected chi connectivity index (χ2v) is 11.4. The number of hydrogen-bond acceptors (Lipinski definition) is 7. The van der Waals surface area contributed by atoms with E-state index in [1.165, 1.54) is 11.4 Å². The Labute approximate surface area is 213 Å². The van der Waals surface area contributed by atoms with Gasteiger partial charge in [-0.15, -0.1) is 0 Å². The van der Waals surface area contributed by atoms with Crippen LogP contribution in [0.2, 0.25) is 0 Å². The molecule has 194 valence electrons. The summed E-state index contributed by atoms with van der Waals surface area (Å²) in [6.07, 6.45) is 0.953. The van der Waals surface area contributed by atoms with Gasteiger partial charge in [-0.1, -0.05) is 37.0 Å². The van der Waals surface area contributed by atoms with Gasteiger partial charge in [-0.25, -0.2) is 13.4 Å². The molecular weight excluding hydrogens is 480 g/mol. The Bertz CT molecular complexity index is 1220. The molecular formula is C26H34N4O5S. The second-order valence-electron chi connectivity index (χ2n) is 9.34. The Hall–Kier alpha value is -2.97. The highest BCUT2D eigenvalue weighted by Crippen LogP contribution is 2.28. The highest BCUT2D eigenvalue weighted by atomic mass is 32.2. The van der Waals surface area contributed by atoms with Crippen molar-refractivity contribution in [3.63, 3.8) is 0 Å². The summed E-state index contributed by atoms with van der Waals surface area (Å²) >= 11 is 0. The number of rotatable bonds is 7. The molecule has 0 saturated carbocycles. The van der Waals surface area contributed by atoms with Crippen molar-refractivity contribution in [1.82, 2.24) is 19.1 Å². The third-order valence-corrected chi connectivity index (χ3v) is 7.88. The third kappa shape index (κ3) is 6.42. The zero-order valence-corrected chi connectivity index (χ0v) is 22.2. The van der Waals surface area contributed by atoms with Gasteiger partial charge in [0, 0.05) is 31.3 Å². The molecule has 0 unspecified atom stereocenters. The summed E-state index contributed by atoms with van der Waals surface area (Å²) in [4.78, 5) is 21.6. The Balaban J connectivity index is 1.97. The molecule has 0 bridgehead atoms. The number of aliphatic hydroxyl groups is 1. The Morgan fingerprint density at radius 2 is 1.94 bits per heavy atom. The number of aromatic nitrogens is 1. The van der Waals surface area contributed by atoms with Gasteiger partial charge in [0.1, 0.15) is 11.7 Å². The number of carbonyl (C=O) groups is 1. The van der Waals surface area contributed by atoms with E-state index in [0.29, 0.717) is 12.1 Å². The van der Waals surface area contributed by atoms with Gasteiger partial charge < -0.3 is 14.7 Å². The molecule has 0 saturated heterocycles. The summed E-state index contributed by atoms with van der Waals surface area (Å²) in [7, 11) is 1.59. The third-order valence-electron chi connectivity index (χ3n) is 6.04. The van der Waals surface area contributed by atoms with E-state index in [1.54, 1.807) is 54.4 Å². The first-order chi connectivity index (χ1) is 17.0. The molecule has 3 atom stereocenters. The van der Waals surface area contributed by atoms with Crippen LogP contribution >= 0.6 is 0 Å². The Morgan fingerprint density at radius 3 is 2.58 bits per heavy atom. The number of nitrogens with zero attached hydrogens (tertiary/aromatic N) is 4. The van der Waals surface area contributed by atoms with Gasteiger partial charge in [0.25, 0.3) is 5.91 Å². The van der Waals surface area contributed by atoms with Gasteiger partial charge in [0.2, 0.25) is 15.9 Å². The fraction of sp³-hybridized carbons (Fsp3) is 0.462. The normalized spacial score (nSPS) is 19.1. The lowest BCUT2D eigenvalue weighted by Gasteiger charge is -2.37. The van der Waals surface area contributed by atoms with E-state index in [4.69, 9.17) is 4.74 Å². The number of benzene rings is 1. The van der Waals surface area contributed by atoms with Crippen molar-refractivity contribution in [3.05, 3.63) is 53.7 Å². The van der Waals surface area contributed by atoms with E-state index >= 15 is 0 Å². The van der Waals surface area contributed by atoms with Crippen molar-refractivity contribution < 1.29 is 23.1 Å². The van der Waals surface area contributed by atoms with Crippen LogP contribution in [0.5, 0.6) is 5.88 Å². The van der Waals surface area contributed by atoms with Crippen molar-refractivity contribution in [3.8, 4) is 17.7 Å². The summed E-state index contributed by atoms with van der Waals surface area (Å²) in [6, 6.07) is 9.40. The van der Waals surface area contributed by atoms with Crippen molar-refractivity contribution in [2.24, 2.45) is 5.92 Å². The van der Waals surface area contributed by atoms with Gasteiger partial charge in [-0.2, -0.15) is 4.31 Å². The molecule has 0 fully saturated rings. The van der Waals surface area contributed by atoms with E-state index in [1.807, 2.05) is 25.9 Å². The average Bonchev–Trinajstić information content (AvgIpc) is 2.86. The molecule has 0 aliphatic carbocycles. The number of hydrogen-bond donors (Lipinski definition) is 1. The number of amides is 1. The predicted octanol–water partition coefficient (Wildman–Crippen LogP) is 1.54. The van der Waals surface area contributed by atoms with E-state index in [0.717, 1.165) is 0 Å². The first-order valence-corrected chi connectivity index (χ1v) is 13.2. The van der Waals surface area contributed by atoms with Crippen molar-refractivity contribution >= 4 is 15.9 Å². The van der Waals surface area contributed by atoms with Gasteiger partial charge >= 0.3 is 0 Å². The van der Waals surface area contributed by atoms with Crippen LogP contribution in [0, 0.1) is 17.8 Å². The molecule has 1 amide bonds. The van der Waals surface area contributed by atoms with E-state index < -0.39 is 22.2 Å². The number of carbonyl (C=O) groups excluding carboxylic acids is 1. The van der Waals surface area contributed by atoms with E-state index in [-0.39, 0.29) is 47.9 Å². The summed E-state index contributed by atoms with van der Waals surface area (Å²) in [5, 5.41) is 9.81. The van der Waals surface area contributed by atoms with Crippen molar-refractivity contribution in [1.29, 1.82) is 0 Å². The van der Waals surface area contributed by atoms with Crippen LogP contribution in [0.1, 0.15) is 29.8 Å². The van der Waals surface area contributed by atoms with Gasteiger partial charge in [0.15, 0.2) is 0 Å². The number of ether oxygens (including phenoxy) is 1. The molecule has 1 aromatic heterocycles. The van der Waals surface area contributed by atoms with Crippen LogP contribution in [0.25, 0.3) is 0 Å². The summed E-state index contributed by atoms with van der Waals surface area (Å²) in [5.74, 6) is 5.60. The standard InChI is InChI=1S/C26H34N4O5S/c1-19-16-30(20(2)18-31)26(32)23-14-21(10-9-13-28(3)4)15-27-25(23)35-24(19)17-29(5)36(33,34)22-11-7-6-8-12-22/h6-8,11-12,14-15,19-20,24,31H,13,16-18H2,1-5H3/t19-,20-,24-/m0/s1. The zero-order chi connectivity index (χ0) is 26.5. The molecule has 1 aliphatic rings. The Morgan fingerprint density at radius 1 is 1.25 bits per heavy atom. The lowest BCUT2D eigenvalue weighted by molar-refractivity contribution is 0.0373. The SMILES string of the molecule is C[C@H]1CN([C@@H](C)CO)C(=O)c2cc(C#CCN(C)C)cnc2O[C@H]1CN(C)S(=O)(=O)c1ccccc1. The number of pyridine rings is 1. The van der Waals surface area contributed by atoms with Crippen LogP contribution in [-0.4, -0.2) is 98.1 Å². The van der Waals surface area contributed by atoms with Crippen LogP contribution in [0.15, 0.2) is 47.5 Å². The minimum Gasteiger partial charge on any atom is -0.472 e. The minimum atomic E-state index is -3.74.